The Kier molecular flexibility index (Phi) is 5.28. The monoisotopic (exact) mass is 370 g/mol. The summed E-state index contributed by atoms with van der Waals surface area (Å²) < 4.78 is 41.8. The van der Waals surface area contributed by atoms with Gasteiger partial charge in [-0.25, -0.2) is 0 Å². The summed E-state index contributed by atoms with van der Waals surface area (Å²) in [6.07, 6.45) is 1.31. The lowest BCUT2D eigenvalue weighted by Crippen LogP contribution is -2.43. The maximum atomic E-state index is 15.1. The first-order valence-electron chi connectivity index (χ1n) is 8.97. The summed E-state index contributed by atoms with van der Waals surface area (Å²) in [5, 5.41) is 0.0926. The summed E-state index contributed by atoms with van der Waals surface area (Å²) in [6.45, 7) is 13.9. The van der Waals surface area contributed by atoms with Crippen LogP contribution in [-0.2, 0) is 21.5 Å². The van der Waals surface area contributed by atoms with Gasteiger partial charge in [0.2, 0.25) is 0 Å². The molecule has 1 aliphatic rings. The van der Waals surface area contributed by atoms with Gasteiger partial charge in [0, 0.05) is 12.7 Å². The average Bonchev–Trinajstić information content (AvgIpc) is 2.88. The minimum absolute atomic E-state index is 0.0816. The molecule has 0 saturated carbocycles. The van der Waals surface area contributed by atoms with Gasteiger partial charge in [-0.2, -0.15) is 8.78 Å². The molecular formula is C20H32F2O2Si. The summed E-state index contributed by atoms with van der Waals surface area (Å²) in [4.78, 5) is 0. The summed E-state index contributed by atoms with van der Waals surface area (Å²) in [6, 6.07) is 5.20. The second-order valence-corrected chi connectivity index (χ2v) is 13.8. The molecule has 2 nitrogen and oxygen atoms in total. The van der Waals surface area contributed by atoms with E-state index in [0.717, 1.165) is 17.5 Å². The first-order chi connectivity index (χ1) is 11.2. The fourth-order valence-electron chi connectivity index (χ4n) is 3.02. The topological polar surface area (TPSA) is 18.5 Å². The largest absolute Gasteiger partial charge is 0.410 e. The smallest absolute Gasteiger partial charge is 0.301 e. The lowest BCUT2D eigenvalue weighted by molar-refractivity contribution is -0.185. The van der Waals surface area contributed by atoms with E-state index < -0.39 is 19.8 Å². The molecule has 0 aliphatic heterocycles. The van der Waals surface area contributed by atoms with Gasteiger partial charge < -0.3 is 9.16 Å². The normalized spacial score (nSPS) is 19.2. The number of ether oxygens (including phenoxy) is 1. The molecular weight excluding hydrogens is 338 g/mol. The van der Waals surface area contributed by atoms with Crippen LogP contribution in [-0.4, -0.2) is 21.0 Å². The summed E-state index contributed by atoms with van der Waals surface area (Å²) in [5.74, 6) is -3.06. The van der Waals surface area contributed by atoms with Crippen molar-refractivity contribution in [2.75, 3.05) is 7.11 Å². The number of halogens is 2. The van der Waals surface area contributed by atoms with Gasteiger partial charge in [0.1, 0.15) is 5.60 Å². The van der Waals surface area contributed by atoms with Crippen molar-refractivity contribution >= 4 is 8.32 Å². The lowest BCUT2D eigenvalue weighted by atomic mass is 9.88. The van der Waals surface area contributed by atoms with Crippen molar-refractivity contribution in [1.29, 1.82) is 0 Å². The summed E-state index contributed by atoms with van der Waals surface area (Å²) >= 11 is 0. The van der Waals surface area contributed by atoms with Crippen molar-refractivity contribution in [1.82, 2.24) is 0 Å². The van der Waals surface area contributed by atoms with Crippen molar-refractivity contribution in [2.45, 2.75) is 83.2 Å². The quantitative estimate of drug-likeness (QED) is 0.573. The van der Waals surface area contributed by atoms with Gasteiger partial charge in [0.25, 0.3) is 0 Å². The van der Waals surface area contributed by atoms with E-state index >= 15 is 8.78 Å². The highest BCUT2D eigenvalue weighted by Crippen LogP contribution is 2.48. The summed E-state index contributed by atoms with van der Waals surface area (Å²) in [7, 11) is -0.624. The Labute approximate surface area is 152 Å². The highest BCUT2D eigenvalue weighted by atomic mass is 28.4. The molecule has 2 rings (SSSR count). The number of alkyl halides is 2. The highest BCUT2D eigenvalue weighted by molar-refractivity contribution is 6.74. The third-order valence-corrected chi connectivity index (χ3v) is 10.5. The Bertz CT molecular complexity index is 633. The number of fused-ring (bicyclic) bond motifs is 1. The predicted octanol–water partition coefficient (Wildman–Crippen LogP) is 6.21. The van der Waals surface area contributed by atoms with Gasteiger partial charge in [0.15, 0.2) is 8.32 Å². The van der Waals surface area contributed by atoms with E-state index in [4.69, 9.17) is 9.16 Å². The Morgan fingerprint density at radius 2 is 1.68 bits per heavy atom. The van der Waals surface area contributed by atoms with Crippen LogP contribution in [0.4, 0.5) is 8.78 Å². The molecule has 0 fully saturated rings. The Balaban J connectivity index is 2.41. The van der Waals surface area contributed by atoms with Gasteiger partial charge in [-0.3, -0.25) is 0 Å². The van der Waals surface area contributed by atoms with E-state index in [-0.39, 0.29) is 16.7 Å². The first kappa shape index (κ1) is 20.5. The second-order valence-electron chi connectivity index (χ2n) is 9.07. The molecule has 1 aromatic carbocycles. The number of rotatable bonds is 5. The van der Waals surface area contributed by atoms with E-state index in [1.54, 1.807) is 6.07 Å². The van der Waals surface area contributed by atoms with Crippen LogP contribution in [0, 0.1) is 0 Å². The zero-order valence-electron chi connectivity index (χ0n) is 16.8. The van der Waals surface area contributed by atoms with Crippen LogP contribution in [0.25, 0.3) is 0 Å². The van der Waals surface area contributed by atoms with E-state index in [9.17, 15) is 0 Å². The van der Waals surface area contributed by atoms with Gasteiger partial charge in [-0.1, -0.05) is 39.0 Å². The van der Waals surface area contributed by atoms with Crippen LogP contribution in [0.3, 0.4) is 0 Å². The fourth-order valence-corrected chi connectivity index (χ4v) is 4.33. The number of methoxy groups -OCH3 is 1. The van der Waals surface area contributed by atoms with Crippen molar-refractivity contribution in [3.05, 3.63) is 34.9 Å². The van der Waals surface area contributed by atoms with Crippen molar-refractivity contribution in [3.8, 4) is 0 Å². The molecule has 0 radical (unpaired) electrons. The SMILES string of the molecule is COC(C)(C)C(F)(F)c1cccc2c1CC[C@@H]2O[Si](C)(C)C(C)(C)C. The molecule has 0 unspecified atom stereocenters. The maximum absolute atomic E-state index is 15.1. The highest BCUT2D eigenvalue weighted by Gasteiger charge is 2.51. The Morgan fingerprint density at radius 3 is 2.20 bits per heavy atom. The third kappa shape index (κ3) is 3.56. The van der Waals surface area contributed by atoms with Gasteiger partial charge in [-0.15, -0.1) is 0 Å². The van der Waals surface area contributed by atoms with Crippen LogP contribution >= 0.6 is 0 Å². The fraction of sp³-hybridized carbons (Fsp3) is 0.700. The Hall–Kier alpha value is -0.783. The number of hydrogen-bond donors (Lipinski definition) is 0. The van der Waals surface area contributed by atoms with Crippen molar-refractivity contribution < 1.29 is 17.9 Å². The van der Waals surface area contributed by atoms with E-state index in [0.29, 0.717) is 6.42 Å². The van der Waals surface area contributed by atoms with Crippen LogP contribution in [0.5, 0.6) is 0 Å². The van der Waals surface area contributed by atoms with Gasteiger partial charge in [-0.05, 0) is 55.9 Å². The number of hydrogen-bond acceptors (Lipinski definition) is 2. The standard InChI is InChI=1S/C20H32F2O2Si/c1-18(2,3)25(7,8)24-17-13-12-14-15(17)10-9-11-16(14)20(21,22)19(4,5)23-6/h9-11,17H,12-13H2,1-8H3/t17-/m0/s1. The molecule has 5 heteroatoms. The Morgan fingerprint density at radius 1 is 1.08 bits per heavy atom. The van der Waals surface area contributed by atoms with Crippen molar-refractivity contribution in [3.63, 3.8) is 0 Å². The zero-order valence-corrected chi connectivity index (χ0v) is 17.8. The average molecular weight is 371 g/mol. The predicted molar refractivity (Wildman–Crippen MR) is 101 cm³/mol. The lowest BCUT2D eigenvalue weighted by Gasteiger charge is -2.38. The van der Waals surface area contributed by atoms with E-state index in [2.05, 4.69) is 33.9 Å². The minimum atomic E-state index is -3.06. The van der Waals surface area contributed by atoms with Gasteiger partial charge >= 0.3 is 5.92 Å². The zero-order chi connectivity index (χ0) is 19.3. The molecule has 0 saturated heterocycles. The summed E-state index contributed by atoms with van der Waals surface area (Å²) in [5.41, 5.74) is 0.189. The molecule has 25 heavy (non-hydrogen) atoms. The van der Waals surface area contributed by atoms with Gasteiger partial charge in [0.05, 0.1) is 6.10 Å². The van der Waals surface area contributed by atoms with Crippen LogP contribution in [0.1, 0.15) is 63.8 Å². The molecule has 1 aromatic rings. The third-order valence-electron chi connectivity index (χ3n) is 6.06. The van der Waals surface area contributed by atoms with Crippen LogP contribution in [0.15, 0.2) is 18.2 Å². The second kappa shape index (κ2) is 6.43. The molecule has 0 heterocycles. The molecule has 1 aliphatic carbocycles. The van der Waals surface area contributed by atoms with E-state index in [1.807, 2.05) is 6.07 Å². The molecule has 0 N–H and O–H groups in total. The molecule has 1 atom stereocenters. The van der Waals surface area contributed by atoms with Crippen molar-refractivity contribution in [2.24, 2.45) is 0 Å². The first-order valence-corrected chi connectivity index (χ1v) is 11.9. The molecule has 0 spiro atoms. The minimum Gasteiger partial charge on any atom is -0.410 e. The molecule has 0 amide bonds. The molecule has 142 valence electrons. The van der Waals surface area contributed by atoms with Crippen LogP contribution in [0.2, 0.25) is 18.1 Å². The maximum Gasteiger partial charge on any atom is 0.301 e. The van der Waals surface area contributed by atoms with Crippen LogP contribution < -0.4 is 0 Å². The van der Waals surface area contributed by atoms with E-state index in [1.165, 1.54) is 27.0 Å². The number of benzene rings is 1. The molecule has 0 aromatic heterocycles. The molecule has 0 bridgehead atoms.